The Kier molecular flexibility index (Phi) is 1.73. The Labute approximate surface area is 44.9 Å². The van der Waals surface area contributed by atoms with Crippen molar-refractivity contribution in [3.05, 3.63) is 24.6 Å². The molecule has 36 valence electrons. The number of hydrogen-bond donors (Lipinski definition) is 0. The van der Waals surface area contributed by atoms with Gasteiger partial charge in [-0.2, -0.15) is 0 Å². The SMILES string of the molecule is [CH+]1CCC1.c1c[cH+]1. The van der Waals surface area contributed by atoms with Crippen molar-refractivity contribution in [1.82, 2.24) is 0 Å². The summed E-state index contributed by atoms with van der Waals surface area (Å²) in [5.74, 6) is 0. The van der Waals surface area contributed by atoms with Gasteiger partial charge in [-0.1, -0.05) is 0 Å². The summed E-state index contributed by atoms with van der Waals surface area (Å²) in [6.45, 7) is 0. The van der Waals surface area contributed by atoms with Crippen LogP contribution < -0.4 is 0 Å². The standard InChI is InChI=1S/C4H7.C3H3/c1-2-4-3-1;1-2-3-1/h1H,2-4H2;1-3H/q2*+1. The van der Waals surface area contributed by atoms with E-state index in [1.165, 1.54) is 19.3 Å². The highest BCUT2D eigenvalue weighted by Gasteiger charge is 2.07. The molecule has 0 spiro atoms. The molecular formula is C7H10+2. The first-order valence-corrected chi connectivity index (χ1v) is 2.82. The third kappa shape index (κ3) is 3.31. The van der Waals surface area contributed by atoms with Crippen molar-refractivity contribution in [2.75, 3.05) is 0 Å². The van der Waals surface area contributed by atoms with Crippen LogP contribution in [0.4, 0.5) is 0 Å². The normalized spacial score (nSPS) is 16.0. The maximum atomic E-state index is 2.31. The highest BCUT2D eigenvalue weighted by molar-refractivity contribution is 4.98. The monoisotopic (exact) mass is 94.1 g/mol. The van der Waals surface area contributed by atoms with Crippen molar-refractivity contribution < 1.29 is 0 Å². The van der Waals surface area contributed by atoms with Crippen LogP contribution >= 0.6 is 0 Å². The molecule has 0 radical (unpaired) electrons. The Morgan fingerprint density at radius 3 is 1.43 bits per heavy atom. The van der Waals surface area contributed by atoms with Gasteiger partial charge in [0.1, 0.15) is 18.2 Å². The van der Waals surface area contributed by atoms with Crippen molar-refractivity contribution in [3.8, 4) is 0 Å². The smallest absolute Gasteiger partial charge is 0.0281 e. The molecular weight excluding hydrogens is 84.1 g/mol. The van der Waals surface area contributed by atoms with E-state index in [2.05, 4.69) is 6.42 Å². The zero-order valence-electron chi connectivity index (χ0n) is 4.43. The zero-order chi connectivity index (χ0) is 4.95. The van der Waals surface area contributed by atoms with Crippen LogP contribution in [0.25, 0.3) is 0 Å². The van der Waals surface area contributed by atoms with E-state index >= 15 is 0 Å². The van der Waals surface area contributed by atoms with E-state index in [1.54, 1.807) is 0 Å². The molecule has 1 aromatic carbocycles. The molecule has 2 rings (SSSR count). The number of rotatable bonds is 0. The lowest BCUT2D eigenvalue weighted by atomic mass is 10.0. The molecule has 0 N–H and O–H groups in total. The molecule has 0 saturated heterocycles. The quantitative estimate of drug-likeness (QED) is 0.432. The van der Waals surface area contributed by atoms with E-state index in [-0.39, 0.29) is 0 Å². The van der Waals surface area contributed by atoms with Crippen molar-refractivity contribution >= 4 is 0 Å². The van der Waals surface area contributed by atoms with Gasteiger partial charge < -0.3 is 0 Å². The molecule has 0 atom stereocenters. The van der Waals surface area contributed by atoms with E-state index < -0.39 is 0 Å². The van der Waals surface area contributed by atoms with Crippen LogP contribution in [0.5, 0.6) is 0 Å². The third-order valence-corrected chi connectivity index (χ3v) is 1.01. The van der Waals surface area contributed by atoms with Crippen LogP contribution in [-0.4, -0.2) is 0 Å². The number of hydrogen-bond acceptors (Lipinski definition) is 0. The first kappa shape index (κ1) is 4.63. The minimum absolute atomic E-state index is 1.38. The Morgan fingerprint density at radius 1 is 1.14 bits per heavy atom. The lowest BCUT2D eigenvalue weighted by Gasteiger charge is -1.93. The molecule has 0 heteroatoms. The van der Waals surface area contributed by atoms with Gasteiger partial charge in [-0.3, -0.25) is 0 Å². The van der Waals surface area contributed by atoms with E-state index in [0.29, 0.717) is 0 Å². The maximum Gasteiger partial charge on any atom is 0.148 e. The third-order valence-electron chi connectivity index (χ3n) is 1.01. The maximum absolute atomic E-state index is 2.31. The average Bonchev–Trinajstić information content (AvgIpc) is 1.95. The highest BCUT2D eigenvalue weighted by atomic mass is 14.0. The zero-order valence-corrected chi connectivity index (χ0v) is 4.43. The lowest BCUT2D eigenvalue weighted by molar-refractivity contribution is 0.652. The fourth-order valence-electron chi connectivity index (χ4n) is 0.204. The molecule has 0 nitrogen and oxygen atoms in total. The van der Waals surface area contributed by atoms with Crippen LogP contribution in [0.2, 0.25) is 0 Å². The van der Waals surface area contributed by atoms with E-state index in [9.17, 15) is 0 Å². The predicted molar refractivity (Wildman–Crippen MR) is 31.4 cm³/mol. The topological polar surface area (TPSA) is 0 Å². The van der Waals surface area contributed by atoms with Gasteiger partial charge in [0.05, 0.1) is 19.3 Å². The first-order chi connectivity index (χ1) is 3.50. The van der Waals surface area contributed by atoms with Crippen LogP contribution in [0.15, 0.2) is 18.2 Å². The summed E-state index contributed by atoms with van der Waals surface area (Å²) in [7, 11) is 0. The van der Waals surface area contributed by atoms with Gasteiger partial charge in [-0.15, -0.1) is 0 Å². The summed E-state index contributed by atoms with van der Waals surface area (Å²) in [4.78, 5) is 0. The van der Waals surface area contributed by atoms with Gasteiger partial charge in [-0.25, -0.2) is 0 Å². The van der Waals surface area contributed by atoms with Gasteiger partial charge in [-0.05, 0) is 0 Å². The average molecular weight is 94.2 g/mol. The lowest BCUT2D eigenvalue weighted by Crippen LogP contribution is -1.87. The molecule has 7 heavy (non-hydrogen) atoms. The summed E-state index contributed by atoms with van der Waals surface area (Å²) < 4.78 is 0. The molecule has 1 aromatic rings. The fourth-order valence-corrected chi connectivity index (χ4v) is 0.204. The van der Waals surface area contributed by atoms with E-state index in [1.807, 2.05) is 18.2 Å². The Hall–Kier alpha value is -0.520. The van der Waals surface area contributed by atoms with Gasteiger partial charge >= 0.3 is 0 Å². The molecule has 0 aromatic heterocycles. The van der Waals surface area contributed by atoms with Gasteiger partial charge in [0.25, 0.3) is 0 Å². The minimum Gasteiger partial charge on any atom is 0.0281 e. The van der Waals surface area contributed by atoms with Crippen LogP contribution in [0.1, 0.15) is 19.3 Å². The van der Waals surface area contributed by atoms with Crippen LogP contribution in [0.3, 0.4) is 0 Å². The summed E-state index contributed by atoms with van der Waals surface area (Å²) in [6, 6.07) is 6.00. The van der Waals surface area contributed by atoms with E-state index in [0.717, 1.165) is 0 Å². The molecule has 0 heterocycles. The summed E-state index contributed by atoms with van der Waals surface area (Å²) in [5, 5.41) is 0. The second kappa shape index (κ2) is 2.62. The second-order valence-corrected chi connectivity index (χ2v) is 1.80. The predicted octanol–water partition coefficient (Wildman–Crippen LogP) is 2.22. The Morgan fingerprint density at radius 2 is 1.43 bits per heavy atom. The van der Waals surface area contributed by atoms with Crippen molar-refractivity contribution in [3.63, 3.8) is 0 Å². The molecule has 0 amide bonds. The van der Waals surface area contributed by atoms with Crippen molar-refractivity contribution in [2.24, 2.45) is 0 Å². The van der Waals surface area contributed by atoms with Crippen molar-refractivity contribution in [2.45, 2.75) is 19.3 Å². The van der Waals surface area contributed by atoms with E-state index in [4.69, 9.17) is 0 Å². The highest BCUT2D eigenvalue weighted by Crippen LogP contribution is 2.13. The van der Waals surface area contributed by atoms with Crippen LogP contribution in [-0.2, 0) is 0 Å². The molecule has 0 unspecified atom stereocenters. The molecule has 1 aliphatic carbocycles. The van der Waals surface area contributed by atoms with Crippen LogP contribution in [0, 0.1) is 6.42 Å². The molecule has 1 saturated carbocycles. The Balaban J connectivity index is 0.0000000729. The molecule has 0 bridgehead atoms. The van der Waals surface area contributed by atoms with Gasteiger partial charge in [0.15, 0.2) is 0 Å². The molecule has 0 aliphatic heterocycles. The fraction of sp³-hybridized carbons (Fsp3) is 0.429. The largest absolute Gasteiger partial charge is 0.148 e. The molecule has 1 fully saturated rings. The van der Waals surface area contributed by atoms with Gasteiger partial charge in [0, 0.05) is 6.42 Å². The summed E-state index contributed by atoms with van der Waals surface area (Å²) in [6.07, 6.45) is 6.50. The minimum atomic E-state index is 1.38. The summed E-state index contributed by atoms with van der Waals surface area (Å²) >= 11 is 0. The summed E-state index contributed by atoms with van der Waals surface area (Å²) in [5.41, 5.74) is 0. The van der Waals surface area contributed by atoms with Gasteiger partial charge in [0.2, 0.25) is 0 Å². The second-order valence-electron chi connectivity index (χ2n) is 1.80. The first-order valence-electron chi connectivity index (χ1n) is 2.82. The van der Waals surface area contributed by atoms with Crippen molar-refractivity contribution in [1.29, 1.82) is 0 Å². The Bertz CT molecular complexity index is 58.0. The molecule has 1 aliphatic rings.